The molecule has 1 atom stereocenters. The molecule has 28 heavy (non-hydrogen) atoms. The maximum atomic E-state index is 13.7. The van der Waals surface area contributed by atoms with Crippen LogP contribution in [0.4, 0.5) is 8.78 Å². The quantitative estimate of drug-likeness (QED) is 0.505. The van der Waals surface area contributed by atoms with Gasteiger partial charge in [0.05, 0.1) is 11.7 Å². The molecule has 0 aliphatic carbocycles. The van der Waals surface area contributed by atoms with Gasteiger partial charge in [0.15, 0.2) is 17.6 Å². The first-order chi connectivity index (χ1) is 13.6. The number of nitrogens with one attached hydrogen (secondary N) is 2. The van der Waals surface area contributed by atoms with Crippen LogP contribution in [0.15, 0.2) is 65.9 Å². The van der Waals surface area contributed by atoms with Crippen LogP contribution in [-0.2, 0) is 6.42 Å². The first-order valence-corrected chi connectivity index (χ1v) is 9.08. The SMILES string of the molecule is CN=C(NCCc1cccc(F)c1F)NC(C)c1cccc(-n2cccn2)c1. The maximum Gasteiger partial charge on any atom is 0.191 e. The summed E-state index contributed by atoms with van der Waals surface area (Å²) in [4.78, 5) is 4.21. The summed E-state index contributed by atoms with van der Waals surface area (Å²) in [5.74, 6) is -1.03. The van der Waals surface area contributed by atoms with Gasteiger partial charge in [-0.25, -0.2) is 13.5 Å². The van der Waals surface area contributed by atoms with E-state index < -0.39 is 11.6 Å². The number of aliphatic imine (C=N–C) groups is 1. The van der Waals surface area contributed by atoms with E-state index >= 15 is 0 Å². The Balaban J connectivity index is 1.58. The molecule has 146 valence electrons. The van der Waals surface area contributed by atoms with E-state index in [1.165, 1.54) is 6.07 Å². The van der Waals surface area contributed by atoms with E-state index in [0.717, 1.165) is 17.3 Å². The lowest BCUT2D eigenvalue weighted by Crippen LogP contribution is -2.39. The van der Waals surface area contributed by atoms with Crippen LogP contribution in [0.3, 0.4) is 0 Å². The van der Waals surface area contributed by atoms with E-state index in [1.807, 2.05) is 37.4 Å². The van der Waals surface area contributed by atoms with Crippen LogP contribution in [0.5, 0.6) is 0 Å². The standard InChI is InChI=1S/C21H23F2N5/c1-15(17-7-3-8-18(14-17)28-13-5-11-26-28)27-21(24-2)25-12-10-16-6-4-9-19(22)20(16)23/h3-9,11,13-15H,10,12H2,1-2H3,(H2,24,25,27). The fourth-order valence-electron chi connectivity index (χ4n) is 2.90. The van der Waals surface area contributed by atoms with E-state index in [-0.39, 0.29) is 6.04 Å². The monoisotopic (exact) mass is 383 g/mol. The van der Waals surface area contributed by atoms with Gasteiger partial charge < -0.3 is 10.6 Å². The lowest BCUT2D eigenvalue weighted by atomic mass is 10.1. The van der Waals surface area contributed by atoms with Crippen molar-refractivity contribution in [2.45, 2.75) is 19.4 Å². The number of halogens is 2. The second-order valence-electron chi connectivity index (χ2n) is 6.37. The second kappa shape index (κ2) is 9.12. The van der Waals surface area contributed by atoms with Gasteiger partial charge in [0.2, 0.25) is 0 Å². The van der Waals surface area contributed by atoms with Gasteiger partial charge >= 0.3 is 0 Å². The van der Waals surface area contributed by atoms with Crippen LogP contribution in [-0.4, -0.2) is 29.3 Å². The molecular weight excluding hydrogens is 360 g/mol. The Kier molecular flexibility index (Phi) is 6.37. The molecule has 0 aliphatic rings. The third-order valence-electron chi connectivity index (χ3n) is 4.43. The van der Waals surface area contributed by atoms with E-state index in [1.54, 1.807) is 24.0 Å². The average molecular weight is 383 g/mol. The van der Waals surface area contributed by atoms with Gasteiger partial charge in [-0.3, -0.25) is 4.99 Å². The number of hydrogen-bond acceptors (Lipinski definition) is 2. The van der Waals surface area contributed by atoms with Crippen molar-refractivity contribution in [2.24, 2.45) is 4.99 Å². The zero-order chi connectivity index (χ0) is 19.9. The molecule has 3 aromatic rings. The Morgan fingerprint density at radius 3 is 2.75 bits per heavy atom. The topological polar surface area (TPSA) is 54.2 Å². The number of rotatable bonds is 6. The number of benzene rings is 2. The van der Waals surface area contributed by atoms with Crippen molar-refractivity contribution < 1.29 is 8.78 Å². The zero-order valence-electron chi connectivity index (χ0n) is 15.9. The van der Waals surface area contributed by atoms with Crippen LogP contribution >= 0.6 is 0 Å². The predicted molar refractivity (Wildman–Crippen MR) is 107 cm³/mol. The summed E-state index contributed by atoms with van der Waals surface area (Å²) in [6, 6.07) is 14.1. The van der Waals surface area contributed by atoms with Crippen molar-refractivity contribution in [3.05, 3.63) is 83.7 Å². The molecule has 7 heteroatoms. The highest BCUT2D eigenvalue weighted by Crippen LogP contribution is 2.16. The van der Waals surface area contributed by atoms with Gasteiger partial charge in [-0.1, -0.05) is 24.3 Å². The van der Waals surface area contributed by atoms with E-state index in [9.17, 15) is 8.78 Å². The zero-order valence-corrected chi connectivity index (χ0v) is 15.9. The Labute approximate surface area is 163 Å². The molecule has 0 bridgehead atoms. The van der Waals surface area contributed by atoms with E-state index in [0.29, 0.717) is 24.5 Å². The molecular formula is C21H23F2N5. The summed E-state index contributed by atoms with van der Waals surface area (Å²) < 4.78 is 28.8. The minimum absolute atomic E-state index is 0.00684. The van der Waals surface area contributed by atoms with Crippen LogP contribution in [0.25, 0.3) is 5.69 Å². The summed E-state index contributed by atoms with van der Waals surface area (Å²) in [5.41, 5.74) is 2.38. The Morgan fingerprint density at radius 2 is 2.00 bits per heavy atom. The van der Waals surface area contributed by atoms with Gasteiger partial charge in [0.1, 0.15) is 0 Å². The predicted octanol–water partition coefficient (Wildman–Crippen LogP) is 3.62. The first-order valence-electron chi connectivity index (χ1n) is 9.08. The highest BCUT2D eigenvalue weighted by molar-refractivity contribution is 5.80. The fraction of sp³-hybridized carbons (Fsp3) is 0.238. The number of nitrogens with zero attached hydrogens (tertiary/aromatic N) is 3. The molecule has 2 aromatic carbocycles. The summed E-state index contributed by atoms with van der Waals surface area (Å²) >= 11 is 0. The Morgan fingerprint density at radius 1 is 1.18 bits per heavy atom. The largest absolute Gasteiger partial charge is 0.356 e. The third-order valence-corrected chi connectivity index (χ3v) is 4.43. The van der Waals surface area contributed by atoms with Gasteiger partial charge in [0, 0.05) is 26.0 Å². The van der Waals surface area contributed by atoms with Crippen LogP contribution in [0, 0.1) is 11.6 Å². The molecule has 0 saturated heterocycles. The normalized spacial score (nSPS) is 12.6. The molecule has 2 N–H and O–H groups in total. The van der Waals surface area contributed by atoms with Gasteiger partial charge in [0.25, 0.3) is 0 Å². The van der Waals surface area contributed by atoms with Crippen LogP contribution in [0.1, 0.15) is 24.1 Å². The molecule has 0 spiro atoms. The summed E-state index contributed by atoms with van der Waals surface area (Å²) in [7, 11) is 1.67. The first kappa shape index (κ1) is 19.5. The van der Waals surface area contributed by atoms with Crippen molar-refractivity contribution in [3.8, 4) is 5.69 Å². The Bertz CT molecular complexity index is 938. The van der Waals surface area contributed by atoms with E-state index in [2.05, 4.69) is 26.8 Å². The molecule has 5 nitrogen and oxygen atoms in total. The summed E-state index contributed by atoms with van der Waals surface area (Å²) in [6.07, 6.45) is 3.98. The van der Waals surface area contributed by atoms with Gasteiger partial charge in [-0.15, -0.1) is 0 Å². The molecule has 0 aliphatic heterocycles. The Hall–Kier alpha value is -3.22. The maximum absolute atomic E-state index is 13.7. The molecule has 1 unspecified atom stereocenters. The van der Waals surface area contributed by atoms with E-state index in [4.69, 9.17) is 0 Å². The molecule has 0 saturated carbocycles. The second-order valence-corrected chi connectivity index (χ2v) is 6.37. The molecule has 1 heterocycles. The van der Waals surface area contributed by atoms with Crippen molar-refractivity contribution >= 4 is 5.96 Å². The average Bonchev–Trinajstić information content (AvgIpc) is 3.25. The number of hydrogen-bond donors (Lipinski definition) is 2. The van der Waals surface area contributed by atoms with Crippen molar-refractivity contribution in [1.29, 1.82) is 0 Å². The van der Waals surface area contributed by atoms with Gasteiger partial charge in [-0.2, -0.15) is 5.10 Å². The fourth-order valence-corrected chi connectivity index (χ4v) is 2.90. The third kappa shape index (κ3) is 4.73. The lowest BCUT2D eigenvalue weighted by molar-refractivity contribution is 0.498. The molecule has 0 amide bonds. The minimum atomic E-state index is -0.828. The van der Waals surface area contributed by atoms with Crippen LogP contribution in [0.2, 0.25) is 0 Å². The molecule has 1 aromatic heterocycles. The van der Waals surface area contributed by atoms with Crippen LogP contribution < -0.4 is 10.6 Å². The van der Waals surface area contributed by atoms with Crippen molar-refractivity contribution in [1.82, 2.24) is 20.4 Å². The number of aromatic nitrogens is 2. The lowest BCUT2D eigenvalue weighted by Gasteiger charge is -2.19. The molecule has 0 radical (unpaired) electrons. The molecule has 3 rings (SSSR count). The van der Waals surface area contributed by atoms with Gasteiger partial charge in [-0.05, 0) is 48.7 Å². The highest BCUT2D eigenvalue weighted by atomic mass is 19.2. The summed E-state index contributed by atoms with van der Waals surface area (Å²) in [5, 5.41) is 10.7. The smallest absolute Gasteiger partial charge is 0.191 e. The number of guanidine groups is 1. The highest BCUT2D eigenvalue weighted by Gasteiger charge is 2.10. The van der Waals surface area contributed by atoms with Crippen molar-refractivity contribution in [3.63, 3.8) is 0 Å². The minimum Gasteiger partial charge on any atom is -0.356 e. The van der Waals surface area contributed by atoms with Crippen molar-refractivity contribution in [2.75, 3.05) is 13.6 Å². The summed E-state index contributed by atoms with van der Waals surface area (Å²) in [6.45, 7) is 2.46. The molecule has 0 fully saturated rings.